The van der Waals surface area contributed by atoms with E-state index in [0.717, 1.165) is 44.4 Å². The van der Waals surface area contributed by atoms with Crippen LogP contribution in [0.1, 0.15) is 25.3 Å². The van der Waals surface area contributed by atoms with E-state index in [1.165, 1.54) is 65.6 Å². The van der Waals surface area contributed by atoms with Crippen LogP contribution in [0.5, 0.6) is 0 Å². The van der Waals surface area contributed by atoms with Crippen molar-refractivity contribution in [2.75, 3.05) is 0 Å². The molecule has 0 radical (unpaired) electrons. The molecule has 0 saturated heterocycles. The Bertz CT molecular complexity index is 3670. The average molecular weight is 781 g/mol. The van der Waals surface area contributed by atoms with Crippen LogP contribution in [0.4, 0.5) is 0 Å². The summed E-state index contributed by atoms with van der Waals surface area (Å²) in [6.07, 6.45) is 0. The molecule has 0 atom stereocenters. The molecule has 0 unspecified atom stereocenters. The molecule has 0 aliphatic heterocycles. The first-order chi connectivity index (χ1) is 30.1. The summed E-state index contributed by atoms with van der Waals surface area (Å²) in [6.45, 7) is 4.53. The highest BCUT2D eigenvalue weighted by atomic mass is 15.2. The lowest BCUT2D eigenvalue weighted by Gasteiger charge is -2.15. The fraction of sp³-hybridized carbons (Fsp3) is 0.0526. The summed E-state index contributed by atoms with van der Waals surface area (Å²) in [5.74, 6) is 1.10. The number of nitrogens with zero attached hydrogens (tertiary/aromatic N) is 4. The van der Waals surface area contributed by atoms with E-state index in [4.69, 9.17) is 9.97 Å². The first kappa shape index (κ1) is 35.2. The van der Waals surface area contributed by atoms with Crippen LogP contribution in [-0.4, -0.2) is 19.1 Å². The molecule has 3 aromatic heterocycles. The van der Waals surface area contributed by atoms with Crippen LogP contribution < -0.4 is 0 Å². The molecule has 288 valence electrons. The number of benzene rings is 9. The van der Waals surface area contributed by atoms with Crippen LogP contribution in [0, 0.1) is 0 Å². The maximum atomic E-state index is 5.36. The predicted molar refractivity (Wildman–Crippen MR) is 256 cm³/mol. The highest BCUT2D eigenvalue weighted by molar-refractivity contribution is 6.22. The SMILES string of the molecule is CC(C)c1ccccc1-c1ccc(-n2c3ccccc3c3cc(-c4ccc5c6ccccc6n(-c6nc(-c7ccccc7)c7ccccc7n6)c5c4)c4ccccc4c32)cc1. The molecule has 61 heavy (non-hydrogen) atoms. The Morgan fingerprint density at radius 3 is 1.74 bits per heavy atom. The first-order valence-corrected chi connectivity index (χ1v) is 21.1. The summed E-state index contributed by atoms with van der Waals surface area (Å²) in [4.78, 5) is 10.6. The third-order valence-electron chi connectivity index (χ3n) is 12.5. The molecule has 0 amide bonds. The Labute approximate surface area is 353 Å². The van der Waals surface area contributed by atoms with Crippen molar-refractivity contribution in [1.29, 1.82) is 0 Å². The maximum Gasteiger partial charge on any atom is 0.235 e. The van der Waals surface area contributed by atoms with E-state index in [0.29, 0.717) is 11.9 Å². The second-order valence-corrected chi connectivity index (χ2v) is 16.3. The zero-order chi connectivity index (χ0) is 40.6. The van der Waals surface area contributed by atoms with Crippen LogP contribution in [0.3, 0.4) is 0 Å². The zero-order valence-corrected chi connectivity index (χ0v) is 33.9. The molecule has 0 saturated carbocycles. The lowest BCUT2D eigenvalue weighted by Crippen LogP contribution is -2.03. The summed E-state index contributed by atoms with van der Waals surface area (Å²) in [5, 5.41) is 8.24. The van der Waals surface area contributed by atoms with Gasteiger partial charge in [-0.05, 0) is 81.6 Å². The Morgan fingerprint density at radius 1 is 0.377 bits per heavy atom. The van der Waals surface area contributed by atoms with Crippen LogP contribution in [0.2, 0.25) is 0 Å². The van der Waals surface area contributed by atoms with Gasteiger partial charge in [0.15, 0.2) is 0 Å². The number of fused-ring (bicyclic) bond motifs is 9. The van der Waals surface area contributed by atoms with Gasteiger partial charge in [-0.15, -0.1) is 0 Å². The van der Waals surface area contributed by atoms with E-state index in [9.17, 15) is 0 Å². The fourth-order valence-corrected chi connectivity index (χ4v) is 9.72. The Morgan fingerprint density at radius 2 is 0.967 bits per heavy atom. The lowest BCUT2D eigenvalue weighted by atomic mass is 9.92. The second-order valence-electron chi connectivity index (χ2n) is 16.3. The highest BCUT2D eigenvalue weighted by Crippen LogP contribution is 2.43. The van der Waals surface area contributed by atoms with Crippen molar-refractivity contribution in [3.8, 4) is 45.1 Å². The van der Waals surface area contributed by atoms with E-state index in [2.05, 4.69) is 217 Å². The number of hydrogen-bond acceptors (Lipinski definition) is 2. The Kier molecular flexibility index (Phi) is 8.01. The molecule has 0 aliphatic carbocycles. The molecule has 0 bridgehead atoms. The van der Waals surface area contributed by atoms with Gasteiger partial charge in [0, 0.05) is 43.6 Å². The van der Waals surface area contributed by atoms with Crippen molar-refractivity contribution in [3.05, 3.63) is 206 Å². The van der Waals surface area contributed by atoms with Crippen molar-refractivity contribution in [1.82, 2.24) is 19.1 Å². The summed E-state index contributed by atoms with van der Waals surface area (Å²) in [7, 11) is 0. The van der Waals surface area contributed by atoms with Crippen molar-refractivity contribution >= 4 is 65.3 Å². The monoisotopic (exact) mass is 780 g/mol. The predicted octanol–water partition coefficient (Wildman–Crippen LogP) is 15.1. The molecule has 4 nitrogen and oxygen atoms in total. The smallest absolute Gasteiger partial charge is 0.235 e. The number of aromatic nitrogens is 4. The van der Waals surface area contributed by atoms with E-state index < -0.39 is 0 Å². The second kappa shape index (κ2) is 13.9. The Hall–Kier alpha value is -7.82. The minimum Gasteiger partial charge on any atom is -0.309 e. The van der Waals surface area contributed by atoms with Crippen molar-refractivity contribution in [3.63, 3.8) is 0 Å². The normalized spacial score (nSPS) is 11.9. The van der Waals surface area contributed by atoms with E-state index in [1.54, 1.807) is 0 Å². The van der Waals surface area contributed by atoms with Gasteiger partial charge < -0.3 is 4.57 Å². The van der Waals surface area contributed by atoms with Crippen LogP contribution in [0.15, 0.2) is 200 Å². The van der Waals surface area contributed by atoms with Crippen LogP contribution >= 0.6 is 0 Å². The van der Waals surface area contributed by atoms with Gasteiger partial charge in [0.2, 0.25) is 5.95 Å². The minimum absolute atomic E-state index is 0.442. The highest BCUT2D eigenvalue weighted by Gasteiger charge is 2.21. The molecule has 4 heteroatoms. The Balaban J connectivity index is 1.08. The van der Waals surface area contributed by atoms with E-state index in [-0.39, 0.29) is 0 Å². The van der Waals surface area contributed by atoms with Gasteiger partial charge in [-0.1, -0.05) is 172 Å². The number of rotatable bonds is 6. The van der Waals surface area contributed by atoms with Gasteiger partial charge >= 0.3 is 0 Å². The topological polar surface area (TPSA) is 35.6 Å². The standard InChI is InChI=1S/C57H40N4/c1-36(2)41-18-6-7-19-42(41)37-28-31-40(32-29-37)60-52-26-14-12-22-45(52)50-35-49(43-20-8-9-23-47(43)56(50)60)39-30-33-46-44-21-11-15-27-53(44)61(54(46)34-39)57-58-51-25-13-10-24-48(51)55(59-57)38-16-4-3-5-17-38/h3-36H,1-2H3. The molecule has 0 aliphatic rings. The van der Waals surface area contributed by atoms with E-state index >= 15 is 0 Å². The molecule has 0 spiro atoms. The molecular weight excluding hydrogens is 741 g/mol. The minimum atomic E-state index is 0.442. The zero-order valence-electron chi connectivity index (χ0n) is 33.9. The fourth-order valence-electron chi connectivity index (χ4n) is 9.72. The van der Waals surface area contributed by atoms with E-state index in [1.807, 2.05) is 6.07 Å². The van der Waals surface area contributed by atoms with Crippen molar-refractivity contribution in [2.45, 2.75) is 19.8 Å². The lowest BCUT2D eigenvalue weighted by molar-refractivity contribution is 0.869. The quantitative estimate of drug-likeness (QED) is 0.168. The van der Waals surface area contributed by atoms with Crippen LogP contribution in [-0.2, 0) is 0 Å². The average Bonchev–Trinajstić information content (AvgIpc) is 3.84. The van der Waals surface area contributed by atoms with Gasteiger partial charge in [-0.3, -0.25) is 4.57 Å². The third-order valence-corrected chi connectivity index (χ3v) is 12.5. The van der Waals surface area contributed by atoms with Gasteiger partial charge in [0.05, 0.1) is 33.3 Å². The number of para-hydroxylation sites is 3. The van der Waals surface area contributed by atoms with Crippen LogP contribution in [0.25, 0.3) is 110 Å². The van der Waals surface area contributed by atoms with Gasteiger partial charge in [0.25, 0.3) is 0 Å². The largest absolute Gasteiger partial charge is 0.309 e. The molecule has 12 aromatic rings. The van der Waals surface area contributed by atoms with Gasteiger partial charge in [-0.2, -0.15) is 0 Å². The molecule has 3 heterocycles. The molecule has 12 rings (SSSR count). The first-order valence-electron chi connectivity index (χ1n) is 21.1. The summed E-state index contributed by atoms with van der Waals surface area (Å²) in [5.41, 5.74) is 14.8. The van der Waals surface area contributed by atoms with Gasteiger partial charge in [0.1, 0.15) is 0 Å². The number of hydrogen-bond donors (Lipinski definition) is 0. The molecule has 0 N–H and O–H groups in total. The van der Waals surface area contributed by atoms with Crippen molar-refractivity contribution in [2.24, 2.45) is 0 Å². The summed E-state index contributed by atoms with van der Waals surface area (Å²) >= 11 is 0. The molecular formula is C57H40N4. The molecule has 9 aromatic carbocycles. The summed E-state index contributed by atoms with van der Waals surface area (Å²) < 4.78 is 4.71. The van der Waals surface area contributed by atoms with Gasteiger partial charge in [-0.25, -0.2) is 9.97 Å². The van der Waals surface area contributed by atoms with Crippen molar-refractivity contribution < 1.29 is 0 Å². The third kappa shape index (κ3) is 5.53. The molecule has 0 fully saturated rings. The maximum absolute atomic E-state index is 5.36. The summed E-state index contributed by atoms with van der Waals surface area (Å²) in [6, 6.07) is 72.3.